The topological polar surface area (TPSA) is 55.8 Å². The number of halogens is 1. The normalized spacial score (nSPS) is 11.1. The van der Waals surface area contributed by atoms with Gasteiger partial charge >= 0.3 is 5.97 Å². The van der Waals surface area contributed by atoms with Gasteiger partial charge in [-0.15, -0.1) is 0 Å². The molecule has 1 aromatic rings. The number of hydrogen-bond donors (Lipinski definition) is 1. The Morgan fingerprint density at radius 2 is 2.12 bits per heavy atom. The van der Waals surface area contributed by atoms with E-state index in [1.807, 2.05) is 0 Å². The largest absolute Gasteiger partial charge is 0.508 e. The molecule has 94 valence electrons. The molecule has 0 heterocycles. The van der Waals surface area contributed by atoms with Gasteiger partial charge in [0.05, 0.1) is 11.6 Å². The first-order chi connectivity index (χ1) is 7.86. The molecule has 5 heteroatoms. The minimum absolute atomic E-state index is 0.0382. The van der Waals surface area contributed by atoms with Crippen molar-refractivity contribution in [3.63, 3.8) is 0 Å². The highest BCUT2D eigenvalue weighted by Crippen LogP contribution is 2.31. The molecule has 0 aromatic heterocycles. The number of esters is 1. The van der Waals surface area contributed by atoms with E-state index in [0.29, 0.717) is 5.75 Å². The van der Waals surface area contributed by atoms with Crippen molar-refractivity contribution in [2.75, 3.05) is 6.61 Å². The maximum absolute atomic E-state index is 11.6. The lowest BCUT2D eigenvalue weighted by Gasteiger charge is -2.24. The highest BCUT2D eigenvalue weighted by atomic mass is 35.5. The first kappa shape index (κ1) is 13.6. The maximum atomic E-state index is 11.6. The van der Waals surface area contributed by atoms with Crippen LogP contribution in [0.15, 0.2) is 18.2 Å². The third-order valence-electron chi connectivity index (χ3n) is 2.05. The summed E-state index contributed by atoms with van der Waals surface area (Å²) in [6.07, 6.45) is 0. The Hall–Kier alpha value is -1.42. The number of aromatic hydroxyl groups is 1. The van der Waals surface area contributed by atoms with Crippen LogP contribution >= 0.6 is 11.6 Å². The van der Waals surface area contributed by atoms with E-state index >= 15 is 0 Å². The Kier molecular flexibility index (Phi) is 4.23. The minimum Gasteiger partial charge on any atom is -0.508 e. The molecule has 1 N–H and O–H groups in total. The first-order valence-electron chi connectivity index (χ1n) is 5.21. The third kappa shape index (κ3) is 3.53. The van der Waals surface area contributed by atoms with Crippen molar-refractivity contribution < 1.29 is 19.4 Å². The molecule has 0 saturated carbocycles. The Bertz CT molecular complexity index is 415. The number of hydrogen-bond acceptors (Lipinski definition) is 4. The second-order valence-corrected chi connectivity index (χ2v) is 4.35. The van der Waals surface area contributed by atoms with Crippen molar-refractivity contribution in [2.24, 2.45) is 0 Å². The smallest absolute Gasteiger partial charge is 0.349 e. The molecule has 0 aliphatic rings. The summed E-state index contributed by atoms with van der Waals surface area (Å²) >= 11 is 5.88. The van der Waals surface area contributed by atoms with Gasteiger partial charge in [0, 0.05) is 6.07 Å². The zero-order chi connectivity index (χ0) is 13.1. The van der Waals surface area contributed by atoms with Gasteiger partial charge in [-0.25, -0.2) is 4.79 Å². The van der Waals surface area contributed by atoms with Gasteiger partial charge in [-0.3, -0.25) is 0 Å². The number of rotatable bonds is 4. The molecular weight excluding hydrogens is 244 g/mol. The van der Waals surface area contributed by atoms with Crippen LogP contribution in [0.3, 0.4) is 0 Å². The van der Waals surface area contributed by atoms with E-state index in [1.165, 1.54) is 18.2 Å². The number of carbonyl (C=O) groups excluding carboxylic acids is 1. The van der Waals surface area contributed by atoms with E-state index in [1.54, 1.807) is 20.8 Å². The second kappa shape index (κ2) is 5.27. The fraction of sp³-hybridized carbons (Fsp3) is 0.417. The second-order valence-electron chi connectivity index (χ2n) is 3.95. The van der Waals surface area contributed by atoms with E-state index in [-0.39, 0.29) is 17.4 Å². The molecule has 0 atom stereocenters. The Morgan fingerprint density at radius 3 is 2.65 bits per heavy atom. The summed E-state index contributed by atoms with van der Waals surface area (Å²) in [7, 11) is 0. The lowest BCUT2D eigenvalue weighted by Crippen LogP contribution is -2.39. The molecule has 0 unspecified atom stereocenters. The van der Waals surface area contributed by atoms with E-state index in [4.69, 9.17) is 21.1 Å². The SMILES string of the molecule is CCOC(=O)C(C)(C)Oc1ccc(O)cc1Cl. The molecule has 0 aliphatic heterocycles. The molecular formula is C12H15ClO4. The van der Waals surface area contributed by atoms with Crippen molar-refractivity contribution >= 4 is 17.6 Å². The van der Waals surface area contributed by atoms with Gasteiger partial charge in [-0.05, 0) is 32.9 Å². The molecule has 0 amide bonds. The molecule has 0 saturated heterocycles. The number of ether oxygens (including phenoxy) is 2. The summed E-state index contributed by atoms with van der Waals surface area (Å²) < 4.78 is 10.4. The average Bonchev–Trinajstić information content (AvgIpc) is 2.22. The molecule has 0 spiro atoms. The molecule has 0 radical (unpaired) electrons. The highest BCUT2D eigenvalue weighted by Gasteiger charge is 2.32. The summed E-state index contributed by atoms with van der Waals surface area (Å²) in [5.74, 6) is -0.108. The van der Waals surface area contributed by atoms with Gasteiger partial charge in [-0.1, -0.05) is 11.6 Å². The van der Waals surface area contributed by atoms with Crippen LogP contribution in [0.25, 0.3) is 0 Å². The third-order valence-corrected chi connectivity index (χ3v) is 2.34. The van der Waals surface area contributed by atoms with Crippen LogP contribution in [-0.2, 0) is 9.53 Å². The number of carbonyl (C=O) groups is 1. The number of phenolic OH excluding ortho intramolecular Hbond substituents is 1. The summed E-state index contributed by atoms with van der Waals surface area (Å²) in [6, 6.07) is 4.28. The molecule has 1 rings (SSSR count). The fourth-order valence-corrected chi connectivity index (χ4v) is 1.41. The monoisotopic (exact) mass is 258 g/mol. The Morgan fingerprint density at radius 1 is 1.47 bits per heavy atom. The zero-order valence-corrected chi connectivity index (χ0v) is 10.7. The molecule has 0 fully saturated rings. The molecule has 17 heavy (non-hydrogen) atoms. The average molecular weight is 259 g/mol. The summed E-state index contributed by atoms with van der Waals surface area (Å²) in [5.41, 5.74) is -1.13. The van der Waals surface area contributed by atoms with Crippen LogP contribution in [0.2, 0.25) is 5.02 Å². The Balaban J connectivity index is 2.86. The molecule has 1 aromatic carbocycles. The minimum atomic E-state index is -1.13. The van der Waals surface area contributed by atoms with Crippen molar-refractivity contribution in [1.82, 2.24) is 0 Å². The van der Waals surface area contributed by atoms with Crippen LogP contribution in [0.1, 0.15) is 20.8 Å². The zero-order valence-electron chi connectivity index (χ0n) is 9.99. The number of phenols is 1. The fourth-order valence-electron chi connectivity index (χ4n) is 1.19. The van der Waals surface area contributed by atoms with Crippen LogP contribution < -0.4 is 4.74 Å². The van der Waals surface area contributed by atoms with Gasteiger partial charge in [-0.2, -0.15) is 0 Å². The van der Waals surface area contributed by atoms with E-state index in [2.05, 4.69) is 0 Å². The lowest BCUT2D eigenvalue weighted by atomic mass is 10.1. The Labute approximate surface area is 105 Å². The van der Waals surface area contributed by atoms with E-state index in [9.17, 15) is 9.90 Å². The molecule has 0 aliphatic carbocycles. The van der Waals surface area contributed by atoms with Crippen LogP contribution in [0, 0.1) is 0 Å². The van der Waals surface area contributed by atoms with Crippen molar-refractivity contribution in [2.45, 2.75) is 26.4 Å². The van der Waals surface area contributed by atoms with Crippen molar-refractivity contribution in [3.8, 4) is 11.5 Å². The van der Waals surface area contributed by atoms with E-state index in [0.717, 1.165) is 0 Å². The predicted molar refractivity (Wildman–Crippen MR) is 64.5 cm³/mol. The van der Waals surface area contributed by atoms with Gasteiger partial charge < -0.3 is 14.6 Å². The van der Waals surface area contributed by atoms with Crippen LogP contribution in [-0.4, -0.2) is 23.3 Å². The van der Waals surface area contributed by atoms with E-state index < -0.39 is 11.6 Å². The van der Waals surface area contributed by atoms with Crippen LogP contribution in [0.5, 0.6) is 11.5 Å². The van der Waals surface area contributed by atoms with Crippen LogP contribution in [0.4, 0.5) is 0 Å². The molecule has 0 bridgehead atoms. The highest BCUT2D eigenvalue weighted by molar-refractivity contribution is 6.32. The van der Waals surface area contributed by atoms with Gasteiger partial charge in [0.25, 0.3) is 0 Å². The van der Waals surface area contributed by atoms with Gasteiger partial charge in [0.15, 0.2) is 5.60 Å². The predicted octanol–water partition coefficient (Wildman–Crippen LogP) is 2.77. The summed E-state index contributed by atoms with van der Waals surface area (Å²) in [4.78, 5) is 11.6. The summed E-state index contributed by atoms with van der Waals surface area (Å²) in [6.45, 7) is 5.19. The van der Waals surface area contributed by atoms with Gasteiger partial charge in [0.2, 0.25) is 0 Å². The molecule has 4 nitrogen and oxygen atoms in total. The first-order valence-corrected chi connectivity index (χ1v) is 5.59. The number of benzene rings is 1. The maximum Gasteiger partial charge on any atom is 0.349 e. The van der Waals surface area contributed by atoms with Crippen molar-refractivity contribution in [1.29, 1.82) is 0 Å². The van der Waals surface area contributed by atoms with Gasteiger partial charge in [0.1, 0.15) is 11.5 Å². The quantitative estimate of drug-likeness (QED) is 0.844. The standard InChI is InChI=1S/C12H15ClO4/c1-4-16-11(15)12(2,3)17-10-6-5-8(14)7-9(10)13/h5-7,14H,4H2,1-3H3. The van der Waals surface area contributed by atoms with Crippen molar-refractivity contribution in [3.05, 3.63) is 23.2 Å². The lowest BCUT2D eigenvalue weighted by molar-refractivity contribution is -0.158. The summed E-state index contributed by atoms with van der Waals surface area (Å²) in [5, 5.41) is 9.44.